The van der Waals surface area contributed by atoms with Gasteiger partial charge in [0.2, 0.25) is 0 Å². The maximum Gasteiger partial charge on any atom is 0.308 e. The van der Waals surface area contributed by atoms with E-state index in [1.165, 1.54) is 0 Å². The lowest BCUT2D eigenvalue weighted by molar-refractivity contribution is -0.147. The maximum absolute atomic E-state index is 11.4. The van der Waals surface area contributed by atoms with Crippen LogP contribution in [0.4, 0.5) is 0 Å². The molecule has 2 saturated carbocycles. The molecule has 2 rings (SSSR count). The highest BCUT2D eigenvalue weighted by Gasteiger charge is 2.32. The van der Waals surface area contributed by atoms with Crippen molar-refractivity contribution >= 4 is 5.97 Å². The fraction of sp³-hybridized carbons (Fsp3) is 0.800. The van der Waals surface area contributed by atoms with E-state index in [1.807, 2.05) is 0 Å². The second-order valence-corrected chi connectivity index (χ2v) is 5.51. The first-order chi connectivity index (χ1) is 8.79. The molecule has 3 heteroatoms. The molecule has 0 aromatic rings. The summed E-state index contributed by atoms with van der Waals surface area (Å²) in [5, 5.41) is 0. The van der Waals surface area contributed by atoms with E-state index in [1.54, 1.807) is 0 Å². The minimum Gasteiger partial charge on any atom is -0.465 e. The van der Waals surface area contributed by atoms with E-state index in [-0.39, 0.29) is 11.9 Å². The highest BCUT2D eigenvalue weighted by atomic mass is 16.5. The van der Waals surface area contributed by atoms with Gasteiger partial charge in [-0.2, -0.15) is 0 Å². The summed E-state index contributed by atoms with van der Waals surface area (Å²) in [5.41, 5.74) is 0. The first-order valence-electron chi connectivity index (χ1n) is 6.97. The monoisotopic (exact) mass is 250 g/mol. The Labute approximate surface area is 109 Å². The Bertz CT molecular complexity index is 306. The Hall–Kier alpha value is -1.01. The van der Waals surface area contributed by atoms with Crippen molar-refractivity contribution in [3.05, 3.63) is 0 Å². The molecule has 0 spiro atoms. The van der Waals surface area contributed by atoms with Gasteiger partial charge in [-0.15, -0.1) is 6.42 Å². The largest absolute Gasteiger partial charge is 0.465 e. The van der Waals surface area contributed by atoms with Crippen LogP contribution in [0.5, 0.6) is 0 Å². The molecule has 0 atom stereocenters. The molecule has 0 amide bonds. The summed E-state index contributed by atoms with van der Waals surface area (Å²) in [5.74, 6) is 3.91. The van der Waals surface area contributed by atoms with E-state index in [4.69, 9.17) is 15.9 Å². The van der Waals surface area contributed by atoms with E-state index < -0.39 is 0 Å². The fourth-order valence-corrected chi connectivity index (χ4v) is 2.49. The number of terminal acetylenes is 1. The van der Waals surface area contributed by atoms with Crippen molar-refractivity contribution in [2.24, 2.45) is 17.8 Å². The van der Waals surface area contributed by atoms with E-state index in [0.29, 0.717) is 25.0 Å². The third kappa shape index (κ3) is 4.34. The van der Waals surface area contributed by atoms with Crippen molar-refractivity contribution in [2.45, 2.75) is 38.5 Å². The first-order valence-corrected chi connectivity index (χ1v) is 6.97. The molecular weight excluding hydrogens is 228 g/mol. The van der Waals surface area contributed by atoms with Crippen molar-refractivity contribution in [1.29, 1.82) is 0 Å². The Morgan fingerprint density at radius 2 is 1.67 bits per heavy atom. The van der Waals surface area contributed by atoms with Crippen LogP contribution in [0.15, 0.2) is 0 Å². The maximum atomic E-state index is 11.4. The predicted octanol–water partition coefficient (Wildman–Crippen LogP) is 2.40. The summed E-state index contributed by atoms with van der Waals surface area (Å²) < 4.78 is 10.7. The topological polar surface area (TPSA) is 35.5 Å². The van der Waals surface area contributed by atoms with Crippen LogP contribution >= 0.6 is 0 Å². The van der Waals surface area contributed by atoms with Gasteiger partial charge in [-0.3, -0.25) is 4.79 Å². The van der Waals surface area contributed by atoms with E-state index in [0.717, 1.165) is 45.1 Å². The highest BCUT2D eigenvalue weighted by Crippen LogP contribution is 2.32. The molecule has 100 valence electrons. The van der Waals surface area contributed by atoms with Crippen molar-refractivity contribution < 1.29 is 14.3 Å². The molecule has 0 N–H and O–H groups in total. The van der Waals surface area contributed by atoms with Gasteiger partial charge in [-0.25, -0.2) is 0 Å². The van der Waals surface area contributed by atoms with Crippen LogP contribution in [0, 0.1) is 30.1 Å². The average molecular weight is 250 g/mol. The summed E-state index contributed by atoms with van der Waals surface area (Å²) >= 11 is 0. The molecule has 0 aromatic heterocycles. The first kappa shape index (κ1) is 13.4. The third-order valence-corrected chi connectivity index (χ3v) is 3.88. The molecule has 2 aliphatic carbocycles. The quantitative estimate of drug-likeness (QED) is 0.412. The zero-order chi connectivity index (χ0) is 12.8. The van der Waals surface area contributed by atoms with Gasteiger partial charge in [0.15, 0.2) is 0 Å². The lowest BCUT2D eigenvalue weighted by Gasteiger charge is -2.27. The van der Waals surface area contributed by atoms with E-state index in [2.05, 4.69) is 5.92 Å². The molecule has 0 aromatic carbocycles. The van der Waals surface area contributed by atoms with Crippen LogP contribution in [-0.4, -0.2) is 25.8 Å². The highest BCUT2D eigenvalue weighted by molar-refractivity contribution is 5.74. The standard InChI is InChI=1S/C15H22O3/c1-2-9-17-10-12-3-5-13(6-4-12)11-18-15(16)14-7-8-14/h1,12-14H,3-11H2. The number of hydrogen-bond acceptors (Lipinski definition) is 3. The van der Waals surface area contributed by atoms with Gasteiger partial charge < -0.3 is 9.47 Å². The summed E-state index contributed by atoms with van der Waals surface area (Å²) in [6.07, 6.45) is 11.8. The molecule has 2 aliphatic rings. The molecule has 0 unspecified atom stereocenters. The summed E-state index contributed by atoms with van der Waals surface area (Å²) in [6.45, 7) is 1.81. The third-order valence-electron chi connectivity index (χ3n) is 3.88. The van der Waals surface area contributed by atoms with Gasteiger partial charge in [0.1, 0.15) is 6.61 Å². The van der Waals surface area contributed by atoms with Gasteiger partial charge in [0.05, 0.1) is 19.1 Å². The van der Waals surface area contributed by atoms with Crippen LogP contribution in [0.25, 0.3) is 0 Å². The number of ether oxygens (including phenoxy) is 2. The molecule has 0 saturated heterocycles. The second kappa shape index (κ2) is 6.80. The van der Waals surface area contributed by atoms with Gasteiger partial charge in [0.25, 0.3) is 0 Å². The average Bonchev–Trinajstić information content (AvgIpc) is 3.22. The van der Waals surface area contributed by atoms with Crippen LogP contribution in [-0.2, 0) is 14.3 Å². The molecule has 18 heavy (non-hydrogen) atoms. The van der Waals surface area contributed by atoms with Crippen molar-refractivity contribution in [1.82, 2.24) is 0 Å². The minimum absolute atomic E-state index is 0.0227. The number of rotatable bonds is 6. The van der Waals surface area contributed by atoms with Crippen molar-refractivity contribution in [3.8, 4) is 12.3 Å². The molecular formula is C15H22O3. The minimum atomic E-state index is 0.0227. The van der Waals surface area contributed by atoms with Gasteiger partial charge >= 0.3 is 5.97 Å². The van der Waals surface area contributed by atoms with Crippen molar-refractivity contribution in [3.63, 3.8) is 0 Å². The predicted molar refractivity (Wildman–Crippen MR) is 68.8 cm³/mol. The SMILES string of the molecule is C#CCOCC1CCC(COC(=O)C2CC2)CC1. The molecule has 0 bridgehead atoms. The Balaban J connectivity index is 1.55. The zero-order valence-electron chi connectivity index (χ0n) is 10.9. The van der Waals surface area contributed by atoms with Crippen LogP contribution < -0.4 is 0 Å². The number of hydrogen-bond donors (Lipinski definition) is 0. The molecule has 0 heterocycles. The Morgan fingerprint density at radius 3 is 2.22 bits per heavy atom. The summed E-state index contributed by atoms with van der Waals surface area (Å²) in [7, 11) is 0. The van der Waals surface area contributed by atoms with Crippen LogP contribution in [0.2, 0.25) is 0 Å². The molecule has 2 fully saturated rings. The van der Waals surface area contributed by atoms with E-state index in [9.17, 15) is 4.79 Å². The van der Waals surface area contributed by atoms with E-state index >= 15 is 0 Å². The Morgan fingerprint density at radius 1 is 1.06 bits per heavy atom. The zero-order valence-corrected chi connectivity index (χ0v) is 10.9. The van der Waals surface area contributed by atoms with Gasteiger partial charge in [-0.05, 0) is 50.4 Å². The van der Waals surface area contributed by atoms with Gasteiger partial charge in [0, 0.05) is 0 Å². The van der Waals surface area contributed by atoms with Crippen LogP contribution in [0.1, 0.15) is 38.5 Å². The summed E-state index contributed by atoms with van der Waals surface area (Å²) in [4.78, 5) is 11.4. The Kier molecular flexibility index (Phi) is 5.07. The molecule has 3 nitrogen and oxygen atoms in total. The smallest absolute Gasteiger partial charge is 0.308 e. The summed E-state index contributed by atoms with van der Waals surface area (Å²) in [6, 6.07) is 0. The number of carbonyl (C=O) groups excluding carboxylic acids is 1. The lowest BCUT2D eigenvalue weighted by Crippen LogP contribution is -2.23. The second-order valence-electron chi connectivity index (χ2n) is 5.51. The van der Waals surface area contributed by atoms with Crippen LogP contribution in [0.3, 0.4) is 0 Å². The van der Waals surface area contributed by atoms with Gasteiger partial charge in [-0.1, -0.05) is 5.92 Å². The lowest BCUT2D eigenvalue weighted by atomic mass is 9.83. The number of carbonyl (C=O) groups is 1. The molecule has 0 aliphatic heterocycles. The fourth-order valence-electron chi connectivity index (χ4n) is 2.49. The van der Waals surface area contributed by atoms with Crippen molar-refractivity contribution in [2.75, 3.05) is 19.8 Å². The normalized spacial score (nSPS) is 27.5. The molecule has 0 radical (unpaired) electrons. The number of esters is 1.